The van der Waals surface area contributed by atoms with Crippen LogP contribution in [0.5, 0.6) is 0 Å². The molecule has 1 unspecified atom stereocenters. The van der Waals surface area contributed by atoms with Crippen LogP contribution in [0.2, 0.25) is 0 Å². The molecule has 3 heterocycles. The van der Waals surface area contributed by atoms with Gasteiger partial charge in [-0.15, -0.1) is 0 Å². The molecule has 26 heavy (non-hydrogen) atoms. The van der Waals surface area contributed by atoms with E-state index >= 15 is 0 Å². The van der Waals surface area contributed by atoms with E-state index in [0.29, 0.717) is 24.8 Å². The number of hydrogen-bond donors (Lipinski definition) is 3. The number of rotatable bonds is 5. The van der Waals surface area contributed by atoms with Crippen LogP contribution in [0, 0.1) is 0 Å². The average Bonchev–Trinajstić information content (AvgIpc) is 3.06. The van der Waals surface area contributed by atoms with Crippen LogP contribution in [0.25, 0.3) is 0 Å². The molecule has 0 amide bonds. The standard InChI is InChI=1S/C18H22N6O2/c25-17(26)14-5-2-8-24(14)18-19-12-4-1-3-11(12)16(21-18)20-15-9-13(22-23-15)10-6-7-10/h9-10,14H,1-8H2,(H,25,26)(H2,19,20,21,22,23). The maximum absolute atomic E-state index is 11.5. The number of carbonyl (C=O) groups is 1. The third-order valence-electron chi connectivity index (χ3n) is 5.58. The molecular formula is C18H22N6O2. The first-order chi connectivity index (χ1) is 12.7. The van der Waals surface area contributed by atoms with Crippen molar-refractivity contribution >= 4 is 23.6 Å². The molecule has 0 radical (unpaired) electrons. The van der Waals surface area contributed by atoms with Gasteiger partial charge in [0.2, 0.25) is 5.95 Å². The van der Waals surface area contributed by atoms with E-state index < -0.39 is 12.0 Å². The fourth-order valence-electron chi connectivity index (χ4n) is 4.04. The molecule has 1 aliphatic heterocycles. The third kappa shape index (κ3) is 2.69. The van der Waals surface area contributed by atoms with Crippen LogP contribution in [0.15, 0.2) is 6.07 Å². The molecule has 1 saturated heterocycles. The summed E-state index contributed by atoms with van der Waals surface area (Å²) >= 11 is 0. The number of aliphatic carboxylic acids is 1. The first kappa shape index (κ1) is 15.6. The highest BCUT2D eigenvalue weighted by Crippen LogP contribution is 2.40. The summed E-state index contributed by atoms with van der Waals surface area (Å²) in [7, 11) is 0. The lowest BCUT2D eigenvalue weighted by molar-refractivity contribution is -0.138. The first-order valence-electron chi connectivity index (χ1n) is 9.40. The Labute approximate surface area is 151 Å². The van der Waals surface area contributed by atoms with Gasteiger partial charge in [0.25, 0.3) is 0 Å². The second kappa shape index (κ2) is 5.96. The number of aryl methyl sites for hydroxylation is 1. The van der Waals surface area contributed by atoms with Crippen molar-refractivity contribution in [2.75, 3.05) is 16.8 Å². The van der Waals surface area contributed by atoms with Crippen molar-refractivity contribution in [2.45, 2.75) is 56.9 Å². The Balaban J connectivity index is 1.48. The van der Waals surface area contributed by atoms with E-state index in [0.717, 1.165) is 48.6 Å². The number of anilines is 3. The summed E-state index contributed by atoms with van der Waals surface area (Å²) in [6.45, 7) is 0.684. The first-order valence-corrected chi connectivity index (χ1v) is 9.40. The fraction of sp³-hybridized carbons (Fsp3) is 0.556. The summed E-state index contributed by atoms with van der Waals surface area (Å²) in [4.78, 5) is 22.8. The third-order valence-corrected chi connectivity index (χ3v) is 5.58. The molecule has 8 nitrogen and oxygen atoms in total. The van der Waals surface area contributed by atoms with Crippen LogP contribution in [-0.2, 0) is 17.6 Å². The molecule has 2 aliphatic carbocycles. The van der Waals surface area contributed by atoms with Gasteiger partial charge in [0, 0.05) is 29.8 Å². The minimum atomic E-state index is -0.803. The number of carboxylic acids is 1. The van der Waals surface area contributed by atoms with Gasteiger partial charge in [-0.3, -0.25) is 5.10 Å². The van der Waals surface area contributed by atoms with Crippen LogP contribution in [0.1, 0.15) is 55.0 Å². The number of nitrogens with one attached hydrogen (secondary N) is 2. The molecule has 2 fully saturated rings. The van der Waals surface area contributed by atoms with Crippen molar-refractivity contribution in [2.24, 2.45) is 0 Å². The molecule has 2 aromatic rings. The zero-order chi connectivity index (χ0) is 17.7. The normalized spacial score (nSPS) is 21.8. The van der Waals surface area contributed by atoms with Crippen LogP contribution in [-0.4, -0.2) is 43.8 Å². The Morgan fingerprint density at radius 1 is 1.23 bits per heavy atom. The number of carboxylic acid groups (broad SMARTS) is 1. The summed E-state index contributed by atoms with van der Waals surface area (Å²) in [5.74, 6) is 1.87. The summed E-state index contributed by atoms with van der Waals surface area (Å²) in [5, 5.41) is 20.3. The molecule has 3 aliphatic rings. The van der Waals surface area contributed by atoms with Gasteiger partial charge in [-0.2, -0.15) is 10.1 Å². The molecule has 2 aromatic heterocycles. The van der Waals surface area contributed by atoms with Crippen LogP contribution < -0.4 is 10.2 Å². The summed E-state index contributed by atoms with van der Waals surface area (Å²) in [5.41, 5.74) is 3.34. The number of aromatic nitrogens is 4. The Morgan fingerprint density at radius 3 is 2.92 bits per heavy atom. The Hall–Kier alpha value is -2.64. The molecule has 1 atom stereocenters. The zero-order valence-corrected chi connectivity index (χ0v) is 14.5. The lowest BCUT2D eigenvalue weighted by Gasteiger charge is -2.23. The molecule has 1 saturated carbocycles. The monoisotopic (exact) mass is 354 g/mol. The average molecular weight is 354 g/mol. The Kier molecular flexibility index (Phi) is 3.58. The minimum absolute atomic E-state index is 0.524. The summed E-state index contributed by atoms with van der Waals surface area (Å²) < 4.78 is 0. The lowest BCUT2D eigenvalue weighted by atomic mass is 10.2. The van der Waals surface area contributed by atoms with E-state index in [2.05, 4.69) is 21.6 Å². The molecule has 0 aromatic carbocycles. The molecule has 3 N–H and O–H groups in total. The van der Waals surface area contributed by atoms with E-state index in [-0.39, 0.29) is 0 Å². The molecule has 0 bridgehead atoms. The SMILES string of the molecule is O=C(O)C1CCCN1c1nc2c(c(Nc3cc(C4CC4)[nH]n3)n1)CCC2. The maximum Gasteiger partial charge on any atom is 0.326 e. The van der Waals surface area contributed by atoms with Crippen molar-refractivity contribution in [3.8, 4) is 0 Å². The highest BCUT2D eigenvalue weighted by molar-refractivity contribution is 5.78. The van der Waals surface area contributed by atoms with Crippen molar-refractivity contribution < 1.29 is 9.90 Å². The second-order valence-corrected chi connectivity index (χ2v) is 7.45. The summed E-state index contributed by atoms with van der Waals surface area (Å²) in [6, 6.07) is 1.52. The van der Waals surface area contributed by atoms with Gasteiger partial charge < -0.3 is 15.3 Å². The van der Waals surface area contributed by atoms with Crippen LogP contribution >= 0.6 is 0 Å². The minimum Gasteiger partial charge on any atom is -0.480 e. The van der Waals surface area contributed by atoms with Crippen molar-refractivity contribution in [3.63, 3.8) is 0 Å². The topological polar surface area (TPSA) is 107 Å². The van der Waals surface area contributed by atoms with Gasteiger partial charge in [-0.05, 0) is 44.9 Å². The van der Waals surface area contributed by atoms with E-state index in [4.69, 9.17) is 9.97 Å². The molecule has 0 spiro atoms. The Bertz CT molecular complexity index is 859. The fourth-order valence-corrected chi connectivity index (χ4v) is 4.04. The number of hydrogen-bond acceptors (Lipinski definition) is 6. The van der Waals surface area contributed by atoms with Gasteiger partial charge in [0.1, 0.15) is 11.9 Å². The Morgan fingerprint density at radius 2 is 2.12 bits per heavy atom. The van der Waals surface area contributed by atoms with Crippen molar-refractivity contribution in [1.29, 1.82) is 0 Å². The van der Waals surface area contributed by atoms with Crippen molar-refractivity contribution in [1.82, 2.24) is 20.2 Å². The number of aromatic amines is 1. The van der Waals surface area contributed by atoms with E-state index in [1.807, 2.05) is 4.90 Å². The predicted octanol–water partition coefficient (Wildman–Crippen LogP) is 2.36. The van der Waals surface area contributed by atoms with Crippen LogP contribution in [0.4, 0.5) is 17.6 Å². The number of H-pyrrole nitrogens is 1. The molecular weight excluding hydrogens is 332 g/mol. The number of fused-ring (bicyclic) bond motifs is 1. The van der Waals surface area contributed by atoms with Crippen LogP contribution in [0.3, 0.4) is 0 Å². The second-order valence-electron chi connectivity index (χ2n) is 7.45. The van der Waals surface area contributed by atoms with E-state index in [1.165, 1.54) is 18.5 Å². The highest BCUT2D eigenvalue weighted by Gasteiger charge is 2.34. The van der Waals surface area contributed by atoms with Gasteiger partial charge in [-0.1, -0.05) is 0 Å². The molecule has 5 rings (SSSR count). The van der Waals surface area contributed by atoms with Gasteiger partial charge in [0.15, 0.2) is 5.82 Å². The maximum atomic E-state index is 11.5. The quantitative estimate of drug-likeness (QED) is 0.756. The molecule has 8 heteroatoms. The van der Waals surface area contributed by atoms with Gasteiger partial charge >= 0.3 is 5.97 Å². The van der Waals surface area contributed by atoms with E-state index in [9.17, 15) is 9.90 Å². The smallest absolute Gasteiger partial charge is 0.326 e. The lowest BCUT2D eigenvalue weighted by Crippen LogP contribution is -2.37. The largest absolute Gasteiger partial charge is 0.480 e. The molecule has 136 valence electrons. The van der Waals surface area contributed by atoms with Gasteiger partial charge in [-0.25, -0.2) is 9.78 Å². The highest BCUT2D eigenvalue weighted by atomic mass is 16.4. The van der Waals surface area contributed by atoms with Gasteiger partial charge in [0.05, 0.1) is 5.69 Å². The number of nitrogens with zero attached hydrogens (tertiary/aromatic N) is 4. The van der Waals surface area contributed by atoms with Crippen molar-refractivity contribution in [3.05, 3.63) is 23.0 Å². The predicted molar refractivity (Wildman–Crippen MR) is 95.9 cm³/mol. The zero-order valence-electron chi connectivity index (χ0n) is 14.5. The van der Waals surface area contributed by atoms with E-state index in [1.54, 1.807) is 0 Å². The summed E-state index contributed by atoms with van der Waals surface area (Å²) in [6.07, 6.45) is 6.85.